The molecule has 0 bridgehead atoms. The highest BCUT2D eigenvalue weighted by Crippen LogP contribution is 2.27. The van der Waals surface area contributed by atoms with E-state index in [2.05, 4.69) is 20.6 Å². The van der Waals surface area contributed by atoms with Crippen molar-refractivity contribution in [1.82, 2.24) is 9.97 Å². The number of carbonyl (C=O) groups is 1. The molecule has 1 aromatic heterocycles. The molecule has 132 valence electrons. The van der Waals surface area contributed by atoms with Gasteiger partial charge in [0.2, 0.25) is 0 Å². The Morgan fingerprint density at radius 2 is 1.85 bits per heavy atom. The lowest BCUT2D eigenvalue weighted by molar-refractivity contribution is 0.102. The molecule has 2 aromatic carbocycles. The molecule has 0 fully saturated rings. The topological polar surface area (TPSA) is 76.1 Å². The van der Waals surface area contributed by atoms with Gasteiger partial charge in [-0.15, -0.1) is 0 Å². The van der Waals surface area contributed by atoms with Crippen molar-refractivity contribution in [3.8, 4) is 5.75 Å². The molecule has 0 aliphatic carbocycles. The van der Waals surface area contributed by atoms with E-state index in [1.165, 1.54) is 12.4 Å². The zero-order chi connectivity index (χ0) is 18.5. The SMILES string of the molecule is COc1ccccc1Nc1cnc(C(=O)Nc2ccc(Cl)cc2Cl)cn1. The predicted octanol–water partition coefficient (Wildman–Crippen LogP) is 4.79. The fraction of sp³-hybridized carbons (Fsp3) is 0.0556. The van der Waals surface area contributed by atoms with Crippen LogP contribution in [0.2, 0.25) is 10.0 Å². The monoisotopic (exact) mass is 388 g/mol. The van der Waals surface area contributed by atoms with Crippen LogP contribution in [0.4, 0.5) is 17.2 Å². The molecule has 0 aliphatic heterocycles. The van der Waals surface area contributed by atoms with E-state index in [9.17, 15) is 4.79 Å². The van der Waals surface area contributed by atoms with Gasteiger partial charge in [0.25, 0.3) is 5.91 Å². The molecule has 0 radical (unpaired) electrons. The van der Waals surface area contributed by atoms with Gasteiger partial charge < -0.3 is 15.4 Å². The quantitative estimate of drug-likeness (QED) is 0.656. The number of nitrogens with one attached hydrogen (secondary N) is 2. The molecular formula is C18H14Cl2N4O2. The summed E-state index contributed by atoms with van der Waals surface area (Å²) < 4.78 is 5.27. The van der Waals surface area contributed by atoms with Gasteiger partial charge in [-0.25, -0.2) is 9.97 Å². The molecule has 8 heteroatoms. The third-order valence-electron chi connectivity index (χ3n) is 3.43. The molecule has 2 N–H and O–H groups in total. The maximum Gasteiger partial charge on any atom is 0.275 e. The number of benzene rings is 2. The minimum absolute atomic E-state index is 0.154. The minimum atomic E-state index is -0.425. The van der Waals surface area contributed by atoms with Gasteiger partial charge in [0.05, 0.1) is 35.9 Å². The van der Waals surface area contributed by atoms with Crippen LogP contribution in [0.5, 0.6) is 5.75 Å². The third-order valence-corrected chi connectivity index (χ3v) is 3.98. The Morgan fingerprint density at radius 1 is 1.04 bits per heavy atom. The number of nitrogens with zero attached hydrogens (tertiary/aromatic N) is 2. The van der Waals surface area contributed by atoms with Crippen LogP contribution >= 0.6 is 23.2 Å². The average Bonchev–Trinajstić information content (AvgIpc) is 2.65. The molecule has 0 aliphatic rings. The number of hydrogen-bond donors (Lipinski definition) is 2. The first-order valence-electron chi connectivity index (χ1n) is 7.55. The second kappa shape index (κ2) is 8.03. The average molecular weight is 389 g/mol. The molecule has 0 atom stereocenters. The van der Waals surface area contributed by atoms with E-state index >= 15 is 0 Å². The highest BCUT2D eigenvalue weighted by molar-refractivity contribution is 6.36. The Balaban J connectivity index is 1.71. The van der Waals surface area contributed by atoms with Gasteiger partial charge in [-0.05, 0) is 30.3 Å². The van der Waals surface area contributed by atoms with E-state index < -0.39 is 5.91 Å². The zero-order valence-electron chi connectivity index (χ0n) is 13.7. The number of methoxy groups -OCH3 is 1. The smallest absolute Gasteiger partial charge is 0.275 e. The summed E-state index contributed by atoms with van der Waals surface area (Å²) in [5.74, 6) is 0.731. The number of rotatable bonds is 5. The first-order chi connectivity index (χ1) is 12.6. The van der Waals surface area contributed by atoms with Crippen LogP contribution in [0.15, 0.2) is 54.9 Å². The van der Waals surface area contributed by atoms with Gasteiger partial charge in [0, 0.05) is 5.02 Å². The van der Waals surface area contributed by atoms with Crippen LogP contribution in [0.25, 0.3) is 0 Å². The number of aromatic nitrogens is 2. The van der Waals surface area contributed by atoms with E-state index in [4.69, 9.17) is 27.9 Å². The summed E-state index contributed by atoms with van der Waals surface area (Å²) in [6.07, 6.45) is 2.84. The number of ether oxygens (including phenoxy) is 1. The molecule has 0 saturated heterocycles. The fourth-order valence-electron chi connectivity index (χ4n) is 2.17. The molecule has 0 saturated carbocycles. The molecule has 0 unspecified atom stereocenters. The normalized spacial score (nSPS) is 10.3. The molecule has 1 amide bonds. The molecule has 1 heterocycles. The first kappa shape index (κ1) is 18.0. The molecule has 3 aromatic rings. The van der Waals surface area contributed by atoms with Crippen molar-refractivity contribution in [2.75, 3.05) is 17.7 Å². The van der Waals surface area contributed by atoms with E-state index in [0.29, 0.717) is 27.3 Å². The van der Waals surface area contributed by atoms with Gasteiger partial charge in [-0.2, -0.15) is 0 Å². The van der Waals surface area contributed by atoms with E-state index in [1.807, 2.05) is 24.3 Å². The van der Waals surface area contributed by atoms with Crippen molar-refractivity contribution in [2.45, 2.75) is 0 Å². The van der Waals surface area contributed by atoms with Crippen LogP contribution in [-0.2, 0) is 0 Å². The number of para-hydroxylation sites is 2. The molecule has 26 heavy (non-hydrogen) atoms. The van der Waals surface area contributed by atoms with Gasteiger partial charge in [0.1, 0.15) is 17.3 Å². The second-order valence-electron chi connectivity index (χ2n) is 5.19. The van der Waals surface area contributed by atoms with Gasteiger partial charge in [-0.3, -0.25) is 4.79 Å². The lowest BCUT2D eigenvalue weighted by Crippen LogP contribution is -2.14. The van der Waals surface area contributed by atoms with Crippen LogP contribution in [0, 0.1) is 0 Å². The lowest BCUT2D eigenvalue weighted by Gasteiger charge is -2.10. The maximum absolute atomic E-state index is 12.3. The number of carbonyl (C=O) groups excluding carboxylic acids is 1. The minimum Gasteiger partial charge on any atom is -0.495 e. The van der Waals surface area contributed by atoms with E-state index in [-0.39, 0.29) is 5.69 Å². The van der Waals surface area contributed by atoms with Crippen LogP contribution < -0.4 is 15.4 Å². The van der Waals surface area contributed by atoms with Crippen molar-refractivity contribution < 1.29 is 9.53 Å². The summed E-state index contributed by atoms with van der Waals surface area (Å²) >= 11 is 11.9. The highest BCUT2D eigenvalue weighted by atomic mass is 35.5. The fourth-order valence-corrected chi connectivity index (χ4v) is 2.63. The summed E-state index contributed by atoms with van der Waals surface area (Å²) in [6, 6.07) is 12.2. The molecule has 0 spiro atoms. The van der Waals surface area contributed by atoms with Gasteiger partial charge >= 0.3 is 0 Å². The summed E-state index contributed by atoms with van der Waals surface area (Å²) in [6.45, 7) is 0. The largest absolute Gasteiger partial charge is 0.495 e. The van der Waals surface area contributed by atoms with E-state index in [0.717, 1.165) is 5.69 Å². The molecule has 3 rings (SSSR count). The van der Waals surface area contributed by atoms with Gasteiger partial charge in [-0.1, -0.05) is 35.3 Å². The summed E-state index contributed by atoms with van der Waals surface area (Å²) in [5, 5.41) is 6.58. The number of anilines is 3. The maximum atomic E-state index is 12.3. The van der Waals surface area contributed by atoms with Crippen LogP contribution in [-0.4, -0.2) is 23.0 Å². The first-order valence-corrected chi connectivity index (χ1v) is 8.31. The zero-order valence-corrected chi connectivity index (χ0v) is 15.2. The van der Waals surface area contributed by atoms with Crippen molar-refractivity contribution in [3.05, 3.63) is 70.6 Å². The number of hydrogen-bond acceptors (Lipinski definition) is 5. The van der Waals surface area contributed by atoms with Crippen molar-refractivity contribution in [3.63, 3.8) is 0 Å². The predicted molar refractivity (Wildman–Crippen MR) is 103 cm³/mol. The van der Waals surface area contributed by atoms with Crippen LogP contribution in [0.1, 0.15) is 10.5 Å². The number of halogens is 2. The van der Waals surface area contributed by atoms with E-state index in [1.54, 1.807) is 25.3 Å². The summed E-state index contributed by atoms with van der Waals surface area (Å²) in [4.78, 5) is 20.6. The Labute approximate surface area is 160 Å². The third kappa shape index (κ3) is 4.22. The van der Waals surface area contributed by atoms with Crippen molar-refractivity contribution >= 4 is 46.3 Å². The van der Waals surface area contributed by atoms with Crippen molar-refractivity contribution in [2.24, 2.45) is 0 Å². The molecular weight excluding hydrogens is 375 g/mol. The lowest BCUT2D eigenvalue weighted by atomic mass is 10.3. The summed E-state index contributed by atoms with van der Waals surface area (Å²) in [7, 11) is 1.58. The Kier molecular flexibility index (Phi) is 5.55. The number of amides is 1. The standard InChI is InChI=1S/C18H14Cl2N4O2/c1-26-16-5-3-2-4-14(16)23-17-10-21-15(9-22-17)18(25)24-13-7-6-11(19)8-12(13)20/h2-10H,1H3,(H,22,23)(H,24,25). The Bertz CT molecular complexity index is 933. The molecule has 6 nitrogen and oxygen atoms in total. The van der Waals surface area contributed by atoms with Gasteiger partial charge in [0.15, 0.2) is 0 Å². The summed E-state index contributed by atoms with van der Waals surface area (Å²) in [5.41, 5.74) is 1.34. The Hall–Kier alpha value is -2.83. The Morgan fingerprint density at radius 3 is 2.54 bits per heavy atom. The highest BCUT2D eigenvalue weighted by Gasteiger charge is 2.11. The van der Waals surface area contributed by atoms with Crippen LogP contribution in [0.3, 0.4) is 0 Å². The van der Waals surface area contributed by atoms with Crippen molar-refractivity contribution in [1.29, 1.82) is 0 Å². The second-order valence-corrected chi connectivity index (χ2v) is 6.03.